The summed E-state index contributed by atoms with van der Waals surface area (Å²) in [6, 6.07) is 7.81. The molecule has 0 atom stereocenters. The first-order chi connectivity index (χ1) is 11.9. The number of esters is 1. The third kappa shape index (κ3) is 3.36. The number of hydrogen-bond acceptors (Lipinski definition) is 4. The predicted octanol–water partition coefficient (Wildman–Crippen LogP) is 3.46. The van der Waals surface area contributed by atoms with Gasteiger partial charge in [-0.1, -0.05) is 31.4 Å². The van der Waals surface area contributed by atoms with E-state index in [2.05, 4.69) is 10.3 Å². The van der Waals surface area contributed by atoms with Gasteiger partial charge in [-0.15, -0.1) is 0 Å². The number of carbonyl (C=O) groups excluding carboxylic acids is 2. The molecular formula is C20H24N2O3. The summed E-state index contributed by atoms with van der Waals surface area (Å²) in [6.07, 6.45) is 4.12. The Morgan fingerprint density at radius 1 is 1.12 bits per heavy atom. The van der Waals surface area contributed by atoms with Crippen LogP contribution < -0.4 is 5.32 Å². The lowest BCUT2D eigenvalue weighted by atomic mass is 9.81. The number of fused-ring (bicyclic) bond motifs is 1. The second-order valence-electron chi connectivity index (χ2n) is 6.91. The Hall–Kier alpha value is -2.43. The Morgan fingerprint density at radius 2 is 1.84 bits per heavy atom. The zero-order valence-electron chi connectivity index (χ0n) is 15.0. The zero-order valence-corrected chi connectivity index (χ0v) is 15.0. The Bertz CT molecular complexity index is 823. The topological polar surface area (TPSA) is 68.3 Å². The van der Waals surface area contributed by atoms with Gasteiger partial charge in [0, 0.05) is 5.39 Å². The van der Waals surface area contributed by atoms with E-state index in [1.807, 2.05) is 38.1 Å². The smallest absolute Gasteiger partial charge is 0.331 e. The fourth-order valence-electron chi connectivity index (χ4n) is 3.62. The van der Waals surface area contributed by atoms with Crippen molar-refractivity contribution < 1.29 is 14.3 Å². The van der Waals surface area contributed by atoms with E-state index >= 15 is 0 Å². The lowest BCUT2D eigenvalue weighted by Gasteiger charge is -2.35. The maximum absolute atomic E-state index is 12.9. The SMILES string of the molecule is COC(=O)C1(NC(=O)c2cc3ccc(C)cc3nc2C)CCCCC1. The molecule has 0 saturated heterocycles. The first-order valence-electron chi connectivity index (χ1n) is 8.74. The van der Waals surface area contributed by atoms with E-state index in [4.69, 9.17) is 4.74 Å². The van der Waals surface area contributed by atoms with Gasteiger partial charge in [0.05, 0.1) is 23.9 Å². The van der Waals surface area contributed by atoms with Crippen LogP contribution in [0, 0.1) is 13.8 Å². The number of amides is 1. The molecule has 1 saturated carbocycles. The number of ether oxygens (including phenoxy) is 1. The van der Waals surface area contributed by atoms with Crippen molar-refractivity contribution in [1.29, 1.82) is 0 Å². The van der Waals surface area contributed by atoms with E-state index in [9.17, 15) is 9.59 Å². The molecule has 132 valence electrons. The number of hydrogen-bond donors (Lipinski definition) is 1. The largest absolute Gasteiger partial charge is 0.467 e. The summed E-state index contributed by atoms with van der Waals surface area (Å²) < 4.78 is 4.97. The van der Waals surface area contributed by atoms with Crippen LogP contribution in [0.2, 0.25) is 0 Å². The van der Waals surface area contributed by atoms with Gasteiger partial charge in [-0.05, 0) is 44.4 Å². The summed E-state index contributed by atoms with van der Waals surface area (Å²) in [4.78, 5) is 29.8. The van der Waals surface area contributed by atoms with Crippen molar-refractivity contribution in [2.75, 3.05) is 7.11 Å². The van der Waals surface area contributed by atoms with Crippen LogP contribution in [-0.4, -0.2) is 29.5 Å². The average Bonchev–Trinajstić information content (AvgIpc) is 2.60. The van der Waals surface area contributed by atoms with E-state index in [0.29, 0.717) is 24.1 Å². The summed E-state index contributed by atoms with van der Waals surface area (Å²) in [6.45, 7) is 3.84. The average molecular weight is 340 g/mol. The summed E-state index contributed by atoms with van der Waals surface area (Å²) in [5.41, 5.74) is 2.24. The number of benzene rings is 1. The fourth-order valence-corrected chi connectivity index (χ4v) is 3.62. The van der Waals surface area contributed by atoms with Gasteiger partial charge in [0.25, 0.3) is 5.91 Å². The summed E-state index contributed by atoms with van der Waals surface area (Å²) in [7, 11) is 1.37. The van der Waals surface area contributed by atoms with Gasteiger partial charge < -0.3 is 10.1 Å². The first kappa shape index (κ1) is 17.4. The molecule has 1 aliphatic carbocycles. The molecular weight excluding hydrogens is 316 g/mol. The van der Waals surface area contributed by atoms with Gasteiger partial charge in [-0.2, -0.15) is 0 Å². The van der Waals surface area contributed by atoms with Crippen LogP contribution >= 0.6 is 0 Å². The van der Waals surface area contributed by atoms with Crippen LogP contribution in [0.15, 0.2) is 24.3 Å². The second-order valence-corrected chi connectivity index (χ2v) is 6.91. The minimum atomic E-state index is -0.918. The Morgan fingerprint density at radius 3 is 2.52 bits per heavy atom. The molecule has 3 rings (SSSR count). The maximum Gasteiger partial charge on any atom is 0.331 e. The Kier molecular flexibility index (Phi) is 4.75. The molecule has 5 heteroatoms. The lowest BCUT2D eigenvalue weighted by molar-refractivity contribution is -0.149. The summed E-state index contributed by atoms with van der Waals surface area (Å²) >= 11 is 0. The number of aromatic nitrogens is 1. The van der Waals surface area contributed by atoms with Crippen LogP contribution in [0.3, 0.4) is 0 Å². The minimum absolute atomic E-state index is 0.264. The number of aryl methyl sites for hydroxylation is 2. The standard InChI is InChI=1S/C20H24N2O3/c1-13-7-8-15-12-16(14(2)21-17(15)11-13)18(23)22-20(19(24)25-3)9-5-4-6-10-20/h7-8,11-12H,4-6,9-10H2,1-3H3,(H,22,23). The molecule has 5 nitrogen and oxygen atoms in total. The number of rotatable bonds is 3. The van der Waals surface area contributed by atoms with Crippen LogP contribution in [0.1, 0.15) is 53.7 Å². The molecule has 25 heavy (non-hydrogen) atoms. The molecule has 1 aliphatic rings. The molecule has 0 aliphatic heterocycles. The van der Waals surface area contributed by atoms with Gasteiger partial charge in [-0.25, -0.2) is 4.79 Å². The number of carbonyl (C=O) groups is 2. The number of pyridine rings is 1. The molecule has 0 bridgehead atoms. The monoisotopic (exact) mass is 340 g/mol. The Labute approximate surface area is 147 Å². The van der Waals surface area contributed by atoms with Crippen molar-refractivity contribution in [2.45, 2.75) is 51.5 Å². The number of nitrogens with one attached hydrogen (secondary N) is 1. The van der Waals surface area contributed by atoms with Crippen LogP contribution in [0.4, 0.5) is 0 Å². The highest BCUT2D eigenvalue weighted by molar-refractivity contribution is 6.01. The molecule has 1 aromatic carbocycles. The van der Waals surface area contributed by atoms with E-state index < -0.39 is 5.54 Å². The molecule has 1 fully saturated rings. The van der Waals surface area contributed by atoms with Crippen LogP contribution in [-0.2, 0) is 9.53 Å². The number of nitrogens with zero attached hydrogens (tertiary/aromatic N) is 1. The number of methoxy groups -OCH3 is 1. The highest BCUT2D eigenvalue weighted by Gasteiger charge is 2.42. The molecule has 2 aromatic rings. The fraction of sp³-hybridized carbons (Fsp3) is 0.450. The minimum Gasteiger partial charge on any atom is -0.467 e. The maximum atomic E-state index is 12.9. The molecule has 1 aromatic heterocycles. The first-order valence-corrected chi connectivity index (χ1v) is 8.74. The van der Waals surface area contributed by atoms with Crippen molar-refractivity contribution >= 4 is 22.8 Å². The summed E-state index contributed by atoms with van der Waals surface area (Å²) in [5.74, 6) is -0.623. The lowest BCUT2D eigenvalue weighted by Crippen LogP contribution is -2.56. The highest BCUT2D eigenvalue weighted by Crippen LogP contribution is 2.30. The van der Waals surface area contributed by atoms with E-state index in [1.165, 1.54) is 7.11 Å². The normalized spacial score (nSPS) is 16.4. The molecule has 0 spiro atoms. The molecule has 0 radical (unpaired) electrons. The van der Waals surface area contributed by atoms with E-state index in [-0.39, 0.29) is 11.9 Å². The Balaban J connectivity index is 1.94. The van der Waals surface area contributed by atoms with Crippen molar-refractivity contribution in [2.24, 2.45) is 0 Å². The summed E-state index contributed by atoms with van der Waals surface area (Å²) in [5, 5.41) is 3.88. The van der Waals surface area contributed by atoms with Crippen molar-refractivity contribution in [3.8, 4) is 0 Å². The third-order valence-corrected chi connectivity index (χ3v) is 5.04. The highest BCUT2D eigenvalue weighted by atomic mass is 16.5. The molecule has 0 unspecified atom stereocenters. The van der Waals surface area contributed by atoms with Gasteiger partial charge in [0.2, 0.25) is 0 Å². The van der Waals surface area contributed by atoms with Crippen molar-refractivity contribution in [3.05, 3.63) is 41.1 Å². The van der Waals surface area contributed by atoms with Crippen LogP contribution in [0.5, 0.6) is 0 Å². The molecule has 1 amide bonds. The van der Waals surface area contributed by atoms with Gasteiger partial charge in [-0.3, -0.25) is 9.78 Å². The van der Waals surface area contributed by atoms with Gasteiger partial charge in [0.15, 0.2) is 0 Å². The van der Waals surface area contributed by atoms with Gasteiger partial charge >= 0.3 is 5.97 Å². The second kappa shape index (κ2) is 6.82. The quantitative estimate of drug-likeness (QED) is 0.869. The molecule has 1 N–H and O–H groups in total. The van der Waals surface area contributed by atoms with Crippen molar-refractivity contribution in [3.63, 3.8) is 0 Å². The zero-order chi connectivity index (χ0) is 18.0. The third-order valence-electron chi connectivity index (χ3n) is 5.04. The molecule has 1 heterocycles. The van der Waals surface area contributed by atoms with E-state index in [1.54, 1.807) is 0 Å². The van der Waals surface area contributed by atoms with Crippen molar-refractivity contribution in [1.82, 2.24) is 10.3 Å². The van der Waals surface area contributed by atoms with Gasteiger partial charge in [0.1, 0.15) is 5.54 Å². The predicted molar refractivity (Wildman–Crippen MR) is 96.5 cm³/mol. The van der Waals surface area contributed by atoms with E-state index in [0.717, 1.165) is 35.7 Å². The van der Waals surface area contributed by atoms with Crippen LogP contribution in [0.25, 0.3) is 10.9 Å².